The molecule has 0 bridgehead atoms. The molecule has 8 aromatic carbocycles. The van der Waals surface area contributed by atoms with Crippen molar-refractivity contribution in [1.29, 1.82) is 0 Å². The summed E-state index contributed by atoms with van der Waals surface area (Å²) in [6.07, 6.45) is 0. The highest BCUT2D eigenvalue weighted by atomic mass is 32.1. The first-order chi connectivity index (χ1) is 31.2. The number of hydrogen-bond acceptors (Lipinski definition) is 7. The molecule has 0 amide bonds. The smallest absolute Gasteiger partial charge is 0.164 e. The molecular weight excluding hydrogens is 809 g/mol. The van der Waals surface area contributed by atoms with E-state index >= 15 is 0 Å². The van der Waals surface area contributed by atoms with Gasteiger partial charge in [0, 0.05) is 74.5 Å². The Kier molecular flexibility index (Phi) is 8.15. The predicted octanol–water partition coefficient (Wildman–Crippen LogP) is 14.8. The summed E-state index contributed by atoms with van der Waals surface area (Å²) in [6, 6.07) is 67.8. The van der Waals surface area contributed by atoms with E-state index in [4.69, 9.17) is 24.9 Å². The van der Waals surface area contributed by atoms with E-state index in [0.29, 0.717) is 17.5 Å². The molecule has 6 nitrogen and oxygen atoms in total. The SMILES string of the molecule is c1ccc(-c2nc(-c3ccc4c(c3)sc3cccc(-c5nc(-c6ccccc6)c6sc7ccccc7c6n5)c34)nc(-c3ccc4c(c3)c3ccccc3n4-c3ccccc3)n2)cc1. The lowest BCUT2D eigenvalue weighted by atomic mass is 10.0. The average molecular weight is 841 g/mol. The molecule has 8 heteroatoms. The lowest BCUT2D eigenvalue weighted by Gasteiger charge is -2.10. The fraction of sp³-hybridized carbons (Fsp3) is 0. The number of hydrogen-bond donors (Lipinski definition) is 0. The number of benzene rings is 8. The minimum Gasteiger partial charge on any atom is -0.309 e. The molecule has 0 saturated heterocycles. The van der Waals surface area contributed by atoms with Gasteiger partial charge in [0.05, 0.1) is 26.9 Å². The maximum absolute atomic E-state index is 5.34. The van der Waals surface area contributed by atoms with Crippen molar-refractivity contribution < 1.29 is 0 Å². The van der Waals surface area contributed by atoms with Crippen LogP contribution in [0, 0.1) is 0 Å². The topological polar surface area (TPSA) is 69.4 Å². The standard InChI is InChI=1S/C55H32N6S2/c1-4-15-33(16-5-1)49-51-50(40-22-11-13-25-45(40)63-51)57-55(56-49)41-23-14-26-46-48(41)39-29-27-36(32-47(39)62-46)54-59-52(34-17-6-2-7-18-34)58-53(60-54)35-28-30-44-42(31-35)38-21-10-12-24-43(38)61(44)37-19-8-3-9-20-37/h1-32H. The van der Waals surface area contributed by atoms with Crippen LogP contribution < -0.4 is 0 Å². The highest BCUT2D eigenvalue weighted by molar-refractivity contribution is 7.26. The molecule has 0 fully saturated rings. The number of aromatic nitrogens is 6. The zero-order valence-electron chi connectivity index (χ0n) is 33.5. The second-order valence-electron chi connectivity index (χ2n) is 15.6. The molecule has 63 heavy (non-hydrogen) atoms. The van der Waals surface area contributed by atoms with Crippen molar-refractivity contribution in [2.75, 3.05) is 0 Å². The molecule has 13 rings (SSSR count). The van der Waals surface area contributed by atoms with E-state index in [1.54, 1.807) is 22.7 Å². The first-order valence-electron chi connectivity index (χ1n) is 20.8. The van der Waals surface area contributed by atoms with E-state index in [1.807, 2.05) is 24.3 Å². The van der Waals surface area contributed by atoms with Gasteiger partial charge in [-0.3, -0.25) is 0 Å². The Labute approximate surface area is 369 Å². The second kappa shape index (κ2) is 14.3. The van der Waals surface area contributed by atoms with Crippen LogP contribution in [0.15, 0.2) is 194 Å². The molecule has 0 aliphatic heterocycles. The predicted molar refractivity (Wildman–Crippen MR) is 263 cm³/mol. The molecule has 0 unspecified atom stereocenters. The van der Waals surface area contributed by atoms with Crippen molar-refractivity contribution in [3.05, 3.63) is 194 Å². The van der Waals surface area contributed by atoms with Crippen LogP contribution in [0.5, 0.6) is 0 Å². The van der Waals surface area contributed by atoms with Crippen LogP contribution in [0.4, 0.5) is 0 Å². The van der Waals surface area contributed by atoms with E-state index in [1.165, 1.54) is 14.8 Å². The van der Waals surface area contributed by atoms with Gasteiger partial charge in [0.25, 0.3) is 0 Å². The third-order valence-electron chi connectivity index (χ3n) is 11.9. The zero-order valence-corrected chi connectivity index (χ0v) is 35.1. The fourth-order valence-electron chi connectivity index (χ4n) is 8.97. The number of fused-ring (bicyclic) bond motifs is 9. The summed E-state index contributed by atoms with van der Waals surface area (Å²) >= 11 is 3.52. The van der Waals surface area contributed by atoms with Crippen molar-refractivity contribution in [3.8, 4) is 62.5 Å². The Balaban J connectivity index is 0.971. The number of para-hydroxylation sites is 2. The van der Waals surface area contributed by atoms with E-state index in [9.17, 15) is 0 Å². The van der Waals surface area contributed by atoms with Crippen molar-refractivity contribution in [2.24, 2.45) is 0 Å². The van der Waals surface area contributed by atoms with Gasteiger partial charge in [-0.25, -0.2) is 24.9 Å². The van der Waals surface area contributed by atoms with Gasteiger partial charge < -0.3 is 4.57 Å². The van der Waals surface area contributed by atoms with E-state index in [-0.39, 0.29) is 0 Å². The molecule has 13 aromatic rings. The third-order valence-corrected chi connectivity index (χ3v) is 14.2. The number of nitrogens with zero attached hydrogens (tertiary/aromatic N) is 6. The van der Waals surface area contributed by atoms with Gasteiger partial charge >= 0.3 is 0 Å². The van der Waals surface area contributed by atoms with Gasteiger partial charge in [-0.2, -0.15) is 0 Å². The molecule has 0 N–H and O–H groups in total. The highest BCUT2D eigenvalue weighted by Crippen LogP contribution is 2.44. The van der Waals surface area contributed by atoms with Crippen molar-refractivity contribution in [2.45, 2.75) is 0 Å². The first kappa shape index (κ1) is 35.8. The monoisotopic (exact) mass is 840 g/mol. The third kappa shape index (κ3) is 5.87. The van der Waals surface area contributed by atoms with E-state index < -0.39 is 0 Å². The van der Waals surface area contributed by atoms with Crippen molar-refractivity contribution in [1.82, 2.24) is 29.5 Å². The van der Waals surface area contributed by atoms with E-state index in [0.717, 1.165) is 92.5 Å². The van der Waals surface area contributed by atoms with Gasteiger partial charge in [-0.1, -0.05) is 140 Å². The first-order valence-corrected chi connectivity index (χ1v) is 22.5. The average Bonchev–Trinajstić information content (AvgIpc) is 4.03. The summed E-state index contributed by atoms with van der Waals surface area (Å²) in [5.41, 5.74) is 10.2. The van der Waals surface area contributed by atoms with Crippen LogP contribution in [-0.2, 0) is 0 Å². The van der Waals surface area contributed by atoms with E-state index in [2.05, 4.69) is 174 Å². The quantitative estimate of drug-likeness (QED) is 0.167. The maximum Gasteiger partial charge on any atom is 0.164 e. The minimum atomic E-state index is 0.621. The maximum atomic E-state index is 5.34. The number of thiophene rings is 2. The van der Waals surface area contributed by atoms with Crippen LogP contribution >= 0.6 is 22.7 Å². The summed E-state index contributed by atoms with van der Waals surface area (Å²) in [5.74, 6) is 2.59. The van der Waals surface area contributed by atoms with Gasteiger partial charge in [-0.05, 0) is 54.6 Å². The fourth-order valence-corrected chi connectivity index (χ4v) is 11.3. The van der Waals surface area contributed by atoms with Crippen LogP contribution in [0.1, 0.15) is 0 Å². The van der Waals surface area contributed by atoms with Gasteiger partial charge in [0.1, 0.15) is 0 Å². The summed E-state index contributed by atoms with van der Waals surface area (Å²) < 4.78 is 6.94. The molecular formula is C55H32N6S2. The Morgan fingerprint density at radius 2 is 0.968 bits per heavy atom. The largest absolute Gasteiger partial charge is 0.309 e. The lowest BCUT2D eigenvalue weighted by Crippen LogP contribution is -2.00. The molecule has 0 aliphatic rings. The van der Waals surface area contributed by atoms with Crippen molar-refractivity contribution >= 4 is 85.0 Å². The van der Waals surface area contributed by atoms with Crippen molar-refractivity contribution in [3.63, 3.8) is 0 Å². The molecule has 5 aromatic heterocycles. The lowest BCUT2D eigenvalue weighted by molar-refractivity contribution is 1.07. The Morgan fingerprint density at radius 3 is 1.76 bits per heavy atom. The Morgan fingerprint density at radius 1 is 0.349 bits per heavy atom. The van der Waals surface area contributed by atoms with Crippen LogP contribution in [0.3, 0.4) is 0 Å². The summed E-state index contributed by atoms with van der Waals surface area (Å²) in [4.78, 5) is 26.1. The van der Waals surface area contributed by atoms with Crippen LogP contribution in [-0.4, -0.2) is 29.5 Å². The minimum absolute atomic E-state index is 0.621. The molecule has 0 spiro atoms. The van der Waals surface area contributed by atoms with Crippen LogP contribution in [0.25, 0.3) is 125 Å². The number of rotatable bonds is 6. The molecule has 5 heterocycles. The summed E-state index contributed by atoms with van der Waals surface area (Å²) in [6.45, 7) is 0. The molecule has 0 aliphatic carbocycles. The van der Waals surface area contributed by atoms with Gasteiger partial charge in [0.15, 0.2) is 23.3 Å². The second-order valence-corrected chi connectivity index (χ2v) is 17.8. The van der Waals surface area contributed by atoms with Gasteiger partial charge in [-0.15, -0.1) is 22.7 Å². The summed E-state index contributed by atoms with van der Waals surface area (Å²) in [5, 5.41) is 5.76. The molecule has 0 radical (unpaired) electrons. The zero-order chi connectivity index (χ0) is 41.4. The molecule has 294 valence electrons. The Hall–Kier alpha value is -7.91. The molecule has 0 saturated carbocycles. The van der Waals surface area contributed by atoms with Gasteiger partial charge in [0.2, 0.25) is 0 Å². The normalized spacial score (nSPS) is 11.8. The Bertz CT molecular complexity index is 3910. The highest BCUT2D eigenvalue weighted by Gasteiger charge is 2.21. The van der Waals surface area contributed by atoms with Crippen LogP contribution in [0.2, 0.25) is 0 Å². The summed E-state index contributed by atoms with van der Waals surface area (Å²) in [7, 11) is 0. The molecule has 0 atom stereocenters.